The van der Waals surface area contributed by atoms with Gasteiger partial charge in [-0.15, -0.1) is 11.8 Å². The van der Waals surface area contributed by atoms with Gasteiger partial charge in [-0.1, -0.05) is 39.9 Å². The number of hydrogen-bond donors (Lipinski definition) is 6. The number of aliphatic carboxylic acids is 1. The molecule has 0 unspecified atom stereocenters. The number of anilines is 2. The van der Waals surface area contributed by atoms with E-state index in [1.807, 2.05) is 0 Å². The lowest BCUT2D eigenvalue weighted by molar-refractivity contribution is -0.150. The van der Waals surface area contributed by atoms with Crippen molar-refractivity contribution >= 4 is 80.9 Å². The van der Waals surface area contributed by atoms with Gasteiger partial charge in [0, 0.05) is 11.8 Å². The number of carbonyl (C=O) groups excluding carboxylic acids is 2. The van der Waals surface area contributed by atoms with Gasteiger partial charge in [0.1, 0.15) is 38.0 Å². The first kappa shape index (κ1) is 25.5. The molecule has 0 radical (unpaired) electrons. The Bertz CT molecular complexity index is 1340. The SMILES string of the molecule is Nc1cc(SC=CC2=C(C(=O)O)N3C(=O)[C@@H](NC(=O)C(=NO)c4nc(N)sc4Cl)[C@H]3SC2)nc(O)n1. The average Bonchev–Trinajstić information content (AvgIpc) is 3.14. The molecular formula is C18H15ClN8O6S3. The van der Waals surface area contributed by atoms with E-state index in [4.69, 9.17) is 23.1 Å². The minimum atomic E-state index is -1.32. The van der Waals surface area contributed by atoms with Crippen LogP contribution in [0.25, 0.3) is 0 Å². The summed E-state index contributed by atoms with van der Waals surface area (Å²) in [7, 11) is 0. The highest BCUT2D eigenvalue weighted by atomic mass is 35.5. The zero-order valence-electron chi connectivity index (χ0n) is 17.7. The molecule has 0 bridgehead atoms. The maximum absolute atomic E-state index is 12.8. The van der Waals surface area contributed by atoms with Crippen LogP contribution in [0.1, 0.15) is 5.69 Å². The number of nitrogens with zero attached hydrogens (tertiary/aromatic N) is 5. The van der Waals surface area contributed by atoms with Gasteiger partial charge in [0.2, 0.25) is 0 Å². The van der Waals surface area contributed by atoms with Gasteiger partial charge in [0.15, 0.2) is 10.8 Å². The Hall–Kier alpha value is -3.54. The Labute approximate surface area is 219 Å². The summed E-state index contributed by atoms with van der Waals surface area (Å²) in [6, 6.07) is -0.146. The topological polar surface area (TPSA) is 230 Å². The molecular weight excluding hydrogens is 556 g/mol. The fourth-order valence-electron chi connectivity index (χ4n) is 3.32. The molecule has 18 heteroatoms. The number of fused-ring (bicyclic) bond motifs is 1. The van der Waals surface area contributed by atoms with Crippen LogP contribution in [0.3, 0.4) is 0 Å². The molecule has 2 aliphatic rings. The van der Waals surface area contributed by atoms with Gasteiger partial charge >= 0.3 is 12.0 Å². The van der Waals surface area contributed by atoms with Crippen molar-refractivity contribution in [2.75, 3.05) is 17.2 Å². The molecule has 2 aliphatic heterocycles. The second-order valence-electron chi connectivity index (χ2n) is 7.01. The third-order valence-corrected chi connectivity index (χ3v) is 7.91. The number of carboxylic acids is 1. The Morgan fingerprint density at radius 2 is 2.08 bits per heavy atom. The van der Waals surface area contributed by atoms with Crippen LogP contribution in [0.2, 0.25) is 4.34 Å². The summed E-state index contributed by atoms with van der Waals surface area (Å²) in [5.41, 5.74) is 10.6. The Morgan fingerprint density at radius 1 is 1.33 bits per heavy atom. The maximum atomic E-state index is 12.8. The zero-order valence-corrected chi connectivity index (χ0v) is 20.9. The first-order valence-corrected chi connectivity index (χ1v) is 12.8. The quantitative estimate of drug-likeness (QED) is 0.0672. The van der Waals surface area contributed by atoms with E-state index in [0.717, 1.165) is 28.0 Å². The number of allylic oxidation sites excluding steroid dienone is 1. The fourth-order valence-corrected chi connectivity index (χ4v) is 6.26. The first-order valence-electron chi connectivity index (χ1n) is 9.63. The number of halogens is 1. The van der Waals surface area contributed by atoms with Crippen molar-refractivity contribution in [3.8, 4) is 6.01 Å². The summed E-state index contributed by atoms with van der Waals surface area (Å²) in [5, 5.41) is 35.1. The number of oxime groups is 1. The molecule has 0 aliphatic carbocycles. The number of rotatable bonds is 7. The van der Waals surface area contributed by atoms with Crippen molar-refractivity contribution in [2.24, 2.45) is 5.16 Å². The molecule has 1 fully saturated rings. The molecule has 188 valence electrons. The molecule has 2 amide bonds. The van der Waals surface area contributed by atoms with Gasteiger partial charge in [-0.25, -0.2) is 9.78 Å². The fraction of sp³-hybridized carbons (Fsp3) is 0.167. The van der Waals surface area contributed by atoms with Crippen LogP contribution in [0, 0.1) is 0 Å². The molecule has 2 aromatic rings. The molecule has 0 spiro atoms. The third kappa shape index (κ3) is 4.90. The molecule has 36 heavy (non-hydrogen) atoms. The summed E-state index contributed by atoms with van der Waals surface area (Å²) in [6.45, 7) is 0. The minimum absolute atomic E-state index is 0.0225. The predicted octanol–water partition coefficient (Wildman–Crippen LogP) is 0.679. The van der Waals surface area contributed by atoms with Gasteiger partial charge in [0.05, 0.1) is 0 Å². The molecule has 4 heterocycles. The second-order valence-corrected chi connectivity index (χ2v) is 10.7. The van der Waals surface area contributed by atoms with Crippen molar-refractivity contribution < 1.29 is 29.8 Å². The third-order valence-electron chi connectivity index (χ3n) is 4.80. The van der Waals surface area contributed by atoms with Gasteiger partial charge in [0.25, 0.3) is 11.8 Å². The number of nitrogen functional groups attached to an aromatic ring is 2. The van der Waals surface area contributed by atoms with E-state index in [9.17, 15) is 29.8 Å². The lowest BCUT2D eigenvalue weighted by Gasteiger charge is -2.49. The smallest absolute Gasteiger partial charge is 0.352 e. The number of carbonyl (C=O) groups is 3. The van der Waals surface area contributed by atoms with Gasteiger partial charge in [-0.05, 0) is 17.1 Å². The van der Waals surface area contributed by atoms with E-state index in [0.29, 0.717) is 10.6 Å². The van der Waals surface area contributed by atoms with Crippen LogP contribution < -0.4 is 16.8 Å². The van der Waals surface area contributed by atoms with Crippen LogP contribution in [0.5, 0.6) is 6.01 Å². The molecule has 4 rings (SSSR count). The Balaban J connectivity index is 1.49. The van der Waals surface area contributed by atoms with E-state index in [1.165, 1.54) is 29.3 Å². The molecule has 8 N–H and O–H groups in total. The summed E-state index contributed by atoms with van der Waals surface area (Å²) in [6.07, 6.45) is 1.51. The molecule has 2 aromatic heterocycles. The number of aromatic nitrogens is 3. The Kier molecular flexibility index (Phi) is 7.25. The highest BCUT2D eigenvalue weighted by Crippen LogP contribution is 2.41. The van der Waals surface area contributed by atoms with Crippen LogP contribution >= 0.6 is 46.5 Å². The number of amides is 2. The van der Waals surface area contributed by atoms with Crippen LogP contribution in [0.15, 0.2) is 39.0 Å². The van der Waals surface area contributed by atoms with Crippen molar-refractivity contribution in [1.29, 1.82) is 0 Å². The average molecular weight is 571 g/mol. The highest BCUT2D eigenvalue weighted by Gasteiger charge is 2.54. The molecule has 2 atom stereocenters. The summed E-state index contributed by atoms with van der Waals surface area (Å²) in [4.78, 5) is 49.8. The number of aromatic hydroxyl groups is 1. The van der Waals surface area contributed by atoms with Crippen molar-refractivity contribution in [3.05, 3.63) is 38.9 Å². The molecule has 1 saturated heterocycles. The summed E-state index contributed by atoms with van der Waals surface area (Å²) >= 11 is 9.14. The minimum Gasteiger partial charge on any atom is -0.479 e. The maximum Gasteiger partial charge on any atom is 0.352 e. The number of thioether (sulfide) groups is 2. The van der Waals surface area contributed by atoms with E-state index in [2.05, 4.69) is 25.4 Å². The second kappa shape index (κ2) is 10.2. The van der Waals surface area contributed by atoms with Crippen LogP contribution in [-0.4, -0.2) is 75.9 Å². The summed E-state index contributed by atoms with van der Waals surface area (Å²) in [5.74, 6) is -2.64. The van der Waals surface area contributed by atoms with Gasteiger partial charge < -0.3 is 32.2 Å². The van der Waals surface area contributed by atoms with Crippen LogP contribution in [-0.2, 0) is 14.4 Å². The summed E-state index contributed by atoms with van der Waals surface area (Å²) < 4.78 is 0.0225. The number of carboxylic acid groups (broad SMARTS) is 1. The van der Waals surface area contributed by atoms with Crippen LogP contribution in [0.4, 0.5) is 10.9 Å². The number of hydrogen-bond acceptors (Lipinski definition) is 14. The van der Waals surface area contributed by atoms with Crippen molar-refractivity contribution in [3.63, 3.8) is 0 Å². The molecule has 14 nitrogen and oxygen atoms in total. The first-order chi connectivity index (χ1) is 17.1. The van der Waals surface area contributed by atoms with E-state index >= 15 is 0 Å². The normalized spacial score (nSPS) is 19.9. The standard InChI is InChI=1S/C18H15ClN8O6S3/c19-12-8(25-17(21)36-12)9(26-33)13(28)24-10-14(29)27-11(16(30)31)5(4-35-15(10)27)1-2-34-7-3-6(20)22-18(32)23-7/h1-3,10,15,33H,4H2,(H2,21,25)(H,24,28)(H,30,31)(H3,20,22,23,32)/t10-,15-/m1/s1. The lowest BCUT2D eigenvalue weighted by atomic mass is 10.0. The number of thiazole rings is 1. The molecule has 0 aromatic carbocycles. The number of nitrogens with two attached hydrogens (primary N) is 2. The monoisotopic (exact) mass is 570 g/mol. The highest BCUT2D eigenvalue weighted by molar-refractivity contribution is 8.02. The van der Waals surface area contributed by atoms with Crippen molar-refractivity contribution in [2.45, 2.75) is 16.4 Å². The largest absolute Gasteiger partial charge is 0.479 e. The number of β-lactam (4-membered cyclic amide) rings is 1. The van der Waals surface area contributed by atoms with E-state index in [-0.39, 0.29) is 32.4 Å². The van der Waals surface area contributed by atoms with Gasteiger partial charge in [-0.2, -0.15) is 9.97 Å². The molecule has 0 saturated carbocycles. The Morgan fingerprint density at radius 3 is 2.69 bits per heavy atom. The van der Waals surface area contributed by atoms with E-state index in [1.54, 1.807) is 0 Å². The zero-order chi connectivity index (χ0) is 26.1. The van der Waals surface area contributed by atoms with E-state index < -0.39 is 40.9 Å². The number of nitrogens with one attached hydrogen (secondary N) is 1. The lowest BCUT2D eigenvalue weighted by Crippen LogP contribution is -2.71. The van der Waals surface area contributed by atoms with Crippen molar-refractivity contribution in [1.82, 2.24) is 25.2 Å². The predicted molar refractivity (Wildman–Crippen MR) is 133 cm³/mol. The van der Waals surface area contributed by atoms with Gasteiger partial charge in [-0.3, -0.25) is 14.5 Å².